The van der Waals surface area contributed by atoms with Crippen molar-refractivity contribution in [1.29, 1.82) is 0 Å². The van der Waals surface area contributed by atoms with Crippen LogP contribution in [0.3, 0.4) is 0 Å². The van der Waals surface area contributed by atoms with E-state index in [1.807, 2.05) is 0 Å². The van der Waals surface area contributed by atoms with E-state index < -0.39 is 12.7 Å². The molecule has 7 nitrogen and oxygen atoms in total. The van der Waals surface area contributed by atoms with Gasteiger partial charge in [-0.2, -0.15) is 13.2 Å². The topological polar surface area (TPSA) is 80.3 Å². The number of nitrogens with zero attached hydrogens (tertiary/aromatic N) is 5. The first-order chi connectivity index (χ1) is 9.33. The molecule has 1 saturated heterocycles. The smallest absolute Gasteiger partial charge is 0.367 e. The molecule has 1 fully saturated rings. The Morgan fingerprint density at radius 3 is 2.45 bits per heavy atom. The average Bonchev–Trinajstić information content (AvgIpc) is 2.73. The molecule has 0 radical (unpaired) electrons. The van der Waals surface area contributed by atoms with E-state index in [1.165, 1.54) is 20.8 Å². The van der Waals surface area contributed by atoms with Gasteiger partial charge >= 0.3 is 6.18 Å². The molecule has 0 aromatic carbocycles. The normalized spacial score (nSPS) is 17.4. The standard InChI is InChI=1S/C10H15F3N6O/c11-10(12,13)6-17-1-3-18(4-2-17)8(20)5-19-7-15-9(14)16-19/h7H,1-6H2,(H2,14,16). The molecule has 20 heavy (non-hydrogen) atoms. The number of amides is 1. The molecule has 2 rings (SSSR count). The lowest BCUT2D eigenvalue weighted by atomic mass is 10.3. The first-order valence-electron chi connectivity index (χ1n) is 6.05. The third kappa shape index (κ3) is 4.08. The quantitative estimate of drug-likeness (QED) is 0.817. The lowest BCUT2D eigenvalue weighted by Gasteiger charge is -2.34. The molecule has 2 N–H and O–H groups in total. The van der Waals surface area contributed by atoms with Gasteiger partial charge in [0.1, 0.15) is 12.9 Å². The van der Waals surface area contributed by atoms with Gasteiger partial charge in [-0.15, -0.1) is 5.10 Å². The van der Waals surface area contributed by atoms with E-state index in [9.17, 15) is 18.0 Å². The minimum absolute atomic E-state index is 0.0104. The van der Waals surface area contributed by atoms with Gasteiger partial charge in [0, 0.05) is 26.2 Å². The molecule has 0 atom stereocenters. The number of hydrogen-bond donors (Lipinski definition) is 1. The van der Waals surface area contributed by atoms with Crippen molar-refractivity contribution in [2.45, 2.75) is 12.7 Å². The fourth-order valence-corrected chi connectivity index (χ4v) is 2.03. The molecule has 2 heterocycles. The van der Waals surface area contributed by atoms with Crippen LogP contribution in [0.5, 0.6) is 0 Å². The van der Waals surface area contributed by atoms with Crippen LogP contribution in [0.25, 0.3) is 0 Å². The summed E-state index contributed by atoms with van der Waals surface area (Å²) in [6.07, 6.45) is -2.86. The maximum atomic E-state index is 12.2. The van der Waals surface area contributed by atoms with E-state index in [2.05, 4.69) is 10.1 Å². The van der Waals surface area contributed by atoms with E-state index in [0.717, 1.165) is 0 Å². The van der Waals surface area contributed by atoms with Gasteiger partial charge in [-0.25, -0.2) is 9.67 Å². The Kier molecular flexibility index (Phi) is 4.12. The summed E-state index contributed by atoms with van der Waals surface area (Å²) in [6.45, 7) is 0.0335. The Hall–Kier alpha value is -1.84. The number of nitrogens with two attached hydrogens (primary N) is 1. The zero-order valence-corrected chi connectivity index (χ0v) is 10.7. The highest BCUT2D eigenvalue weighted by Crippen LogP contribution is 2.17. The summed E-state index contributed by atoms with van der Waals surface area (Å²) in [5.41, 5.74) is 5.33. The number of piperazine rings is 1. The Labute approximate surface area is 113 Å². The molecule has 0 aliphatic carbocycles. The molecule has 1 aliphatic heterocycles. The number of aromatic nitrogens is 3. The molecular formula is C10H15F3N6O. The van der Waals surface area contributed by atoms with E-state index in [-0.39, 0.29) is 44.6 Å². The SMILES string of the molecule is Nc1ncn(CC(=O)N2CCN(CC(F)(F)F)CC2)n1. The highest BCUT2D eigenvalue weighted by Gasteiger charge is 2.32. The number of carbonyl (C=O) groups excluding carboxylic acids is 1. The van der Waals surface area contributed by atoms with Crippen molar-refractivity contribution < 1.29 is 18.0 Å². The third-order valence-corrected chi connectivity index (χ3v) is 2.98. The molecule has 0 spiro atoms. The minimum atomic E-state index is -4.20. The van der Waals surface area contributed by atoms with Crippen LogP contribution in [-0.4, -0.2) is 69.4 Å². The van der Waals surface area contributed by atoms with Crippen LogP contribution in [0.1, 0.15) is 0 Å². The Bertz CT molecular complexity index is 466. The van der Waals surface area contributed by atoms with E-state index in [4.69, 9.17) is 5.73 Å². The summed E-state index contributed by atoms with van der Waals surface area (Å²) in [7, 11) is 0. The molecule has 0 bridgehead atoms. The predicted octanol–water partition coefficient (Wildman–Crippen LogP) is -0.433. The zero-order chi connectivity index (χ0) is 14.8. The first kappa shape index (κ1) is 14.6. The first-order valence-corrected chi connectivity index (χ1v) is 6.05. The number of anilines is 1. The van der Waals surface area contributed by atoms with Crippen LogP contribution in [0.4, 0.5) is 19.1 Å². The summed E-state index contributed by atoms with van der Waals surface area (Å²) in [4.78, 5) is 18.4. The fraction of sp³-hybridized carbons (Fsp3) is 0.700. The van der Waals surface area contributed by atoms with Crippen LogP contribution in [0.15, 0.2) is 6.33 Å². The Morgan fingerprint density at radius 1 is 1.30 bits per heavy atom. The van der Waals surface area contributed by atoms with Crippen LogP contribution < -0.4 is 5.73 Å². The van der Waals surface area contributed by atoms with Crippen molar-refractivity contribution in [1.82, 2.24) is 24.6 Å². The summed E-state index contributed by atoms with van der Waals surface area (Å²) >= 11 is 0. The summed E-state index contributed by atoms with van der Waals surface area (Å²) in [6, 6.07) is 0. The van der Waals surface area contributed by atoms with Crippen LogP contribution in [0.2, 0.25) is 0 Å². The van der Waals surface area contributed by atoms with Crippen molar-refractivity contribution >= 4 is 11.9 Å². The van der Waals surface area contributed by atoms with Gasteiger partial charge in [0.05, 0.1) is 6.54 Å². The number of nitrogen functional groups attached to an aromatic ring is 1. The van der Waals surface area contributed by atoms with Gasteiger partial charge in [0.25, 0.3) is 0 Å². The lowest BCUT2D eigenvalue weighted by molar-refractivity contribution is -0.151. The van der Waals surface area contributed by atoms with Crippen LogP contribution >= 0.6 is 0 Å². The number of halogens is 3. The van der Waals surface area contributed by atoms with E-state index in [1.54, 1.807) is 0 Å². The van der Waals surface area contributed by atoms with Crippen molar-refractivity contribution in [3.63, 3.8) is 0 Å². The van der Waals surface area contributed by atoms with Gasteiger partial charge in [-0.3, -0.25) is 9.69 Å². The second kappa shape index (κ2) is 5.65. The van der Waals surface area contributed by atoms with Gasteiger partial charge in [-0.1, -0.05) is 0 Å². The summed E-state index contributed by atoms with van der Waals surface area (Å²) in [5.74, 6) is -0.130. The summed E-state index contributed by atoms with van der Waals surface area (Å²) in [5, 5.41) is 3.79. The van der Waals surface area contributed by atoms with Crippen molar-refractivity contribution in [3.8, 4) is 0 Å². The number of rotatable bonds is 3. The number of carbonyl (C=O) groups is 1. The molecule has 1 aromatic rings. The van der Waals surface area contributed by atoms with Crippen molar-refractivity contribution in [2.24, 2.45) is 0 Å². The van der Waals surface area contributed by atoms with Gasteiger partial charge in [0.15, 0.2) is 0 Å². The van der Waals surface area contributed by atoms with Gasteiger partial charge in [-0.05, 0) is 0 Å². The maximum Gasteiger partial charge on any atom is 0.401 e. The lowest BCUT2D eigenvalue weighted by Crippen LogP contribution is -2.51. The molecule has 0 unspecified atom stereocenters. The van der Waals surface area contributed by atoms with Crippen LogP contribution in [0, 0.1) is 0 Å². The Morgan fingerprint density at radius 2 is 1.95 bits per heavy atom. The number of alkyl halides is 3. The van der Waals surface area contributed by atoms with Crippen molar-refractivity contribution in [3.05, 3.63) is 6.33 Å². The minimum Gasteiger partial charge on any atom is -0.367 e. The summed E-state index contributed by atoms with van der Waals surface area (Å²) < 4.78 is 38.0. The predicted molar refractivity (Wildman–Crippen MR) is 63.5 cm³/mol. The average molecular weight is 292 g/mol. The zero-order valence-electron chi connectivity index (χ0n) is 10.7. The van der Waals surface area contributed by atoms with Crippen molar-refractivity contribution in [2.75, 3.05) is 38.5 Å². The second-order valence-electron chi connectivity index (χ2n) is 4.57. The molecule has 1 amide bonds. The molecule has 10 heteroatoms. The molecule has 0 saturated carbocycles. The van der Waals surface area contributed by atoms with E-state index in [0.29, 0.717) is 0 Å². The second-order valence-corrected chi connectivity index (χ2v) is 4.57. The molecular weight excluding hydrogens is 277 g/mol. The molecule has 112 valence electrons. The van der Waals surface area contributed by atoms with Gasteiger partial charge in [0.2, 0.25) is 11.9 Å². The Balaban J connectivity index is 1.80. The monoisotopic (exact) mass is 292 g/mol. The largest absolute Gasteiger partial charge is 0.401 e. The highest BCUT2D eigenvalue weighted by molar-refractivity contribution is 5.76. The van der Waals surface area contributed by atoms with Crippen LogP contribution in [-0.2, 0) is 11.3 Å². The maximum absolute atomic E-state index is 12.2. The molecule has 1 aromatic heterocycles. The molecule has 1 aliphatic rings. The fourth-order valence-electron chi connectivity index (χ4n) is 2.03. The highest BCUT2D eigenvalue weighted by atomic mass is 19.4. The van der Waals surface area contributed by atoms with Gasteiger partial charge < -0.3 is 10.6 Å². The third-order valence-electron chi connectivity index (χ3n) is 2.98. The number of hydrogen-bond acceptors (Lipinski definition) is 5. The van der Waals surface area contributed by atoms with E-state index >= 15 is 0 Å².